The van der Waals surface area contributed by atoms with Gasteiger partial charge < -0.3 is 10.2 Å². The van der Waals surface area contributed by atoms with Crippen LogP contribution in [0.15, 0.2) is 0 Å². The normalized spacial score (nSPS) is 22.2. The molecule has 1 aliphatic heterocycles. The molecule has 0 unspecified atom stereocenters. The lowest BCUT2D eigenvalue weighted by atomic mass is 10.1. The number of amides is 2. The van der Waals surface area contributed by atoms with Crippen LogP contribution in [0.1, 0.15) is 46.0 Å². The van der Waals surface area contributed by atoms with Crippen molar-refractivity contribution in [3.63, 3.8) is 0 Å². The summed E-state index contributed by atoms with van der Waals surface area (Å²) in [6, 6.07) is 0.929. The second-order valence-corrected chi connectivity index (χ2v) is 6.38. The van der Waals surface area contributed by atoms with Gasteiger partial charge in [0, 0.05) is 38.8 Å². The molecule has 2 aliphatic rings. The predicted molar refractivity (Wildman–Crippen MR) is 78.3 cm³/mol. The van der Waals surface area contributed by atoms with E-state index in [9.17, 15) is 4.79 Å². The summed E-state index contributed by atoms with van der Waals surface area (Å²) in [5, 5.41) is 3.04. The molecule has 2 fully saturated rings. The minimum Gasteiger partial charge on any atom is -0.338 e. The zero-order valence-corrected chi connectivity index (χ0v) is 12.5. The minimum absolute atomic E-state index is 0.131. The number of hydrogen-bond acceptors (Lipinski definition) is 2. The molecule has 1 N–H and O–H groups in total. The van der Waals surface area contributed by atoms with Crippen LogP contribution >= 0.6 is 0 Å². The van der Waals surface area contributed by atoms with Crippen molar-refractivity contribution >= 4 is 6.03 Å². The number of rotatable bonds is 4. The van der Waals surface area contributed by atoms with Crippen molar-refractivity contribution in [3.05, 3.63) is 0 Å². The third-order valence-electron chi connectivity index (χ3n) is 4.44. The van der Waals surface area contributed by atoms with E-state index >= 15 is 0 Å². The van der Waals surface area contributed by atoms with Crippen LogP contribution in [-0.2, 0) is 0 Å². The first-order chi connectivity index (χ1) is 9.16. The number of nitrogens with one attached hydrogen (secondary N) is 1. The topological polar surface area (TPSA) is 35.6 Å². The highest BCUT2D eigenvalue weighted by atomic mass is 16.2. The van der Waals surface area contributed by atoms with Gasteiger partial charge in [0.1, 0.15) is 0 Å². The average molecular weight is 267 g/mol. The third kappa shape index (κ3) is 4.37. The quantitative estimate of drug-likeness (QED) is 0.848. The van der Waals surface area contributed by atoms with E-state index in [-0.39, 0.29) is 6.03 Å². The largest absolute Gasteiger partial charge is 0.338 e. The Bertz CT molecular complexity index is 279. The average Bonchev–Trinajstić information content (AvgIpc) is 2.92. The van der Waals surface area contributed by atoms with E-state index in [1.54, 1.807) is 0 Å². The molecule has 4 heteroatoms. The van der Waals surface area contributed by atoms with E-state index < -0.39 is 0 Å². The van der Waals surface area contributed by atoms with Crippen molar-refractivity contribution in [1.29, 1.82) is 0 Å². The lowest BCUT2D eigenvalue weighted by Gasteiger charge is -2.38. The number of nitrogens with zero attached hydrogens (tertiary/aromatic N) is 2. The Morgan fingerprint density at radius 3 is 2.37 bits per heavy atom. The molecule has 19 heavy (non-hydrogen) atoms. The number of carbonyl (C=O) groups excluding carboxylic acids is 1. The molecule has 0 aromatic carbocycles. The zero-order valence-electron chi connectivity index (χ0n) is 12.5. The fraction of sp³-hybridized carbons (Fsp3) is 0.933. The molecule has 4 nitrogen and oxygen atoms in total. The number of carbonyl (C=O) groups is 1. The maximum absolute atomic E-state index is 12.0. The van der Waals surface area contributed by atoms with Crippen LogP contribution in [0.4, 0.5) is 4.79 Å². The van der Waals surface area contributed by atoms with Crippen molar-refractivity contribution in [2.45, 2.75) is 52.0 Å². The summed E-state index contributed by atoms with van der Waals surface area (Å²) in [4.78, 5) is 16.6. The van der Waals surface area contributed by atoms with Gasteiger partial charge in [-0.1, -0.05) is 26.7 Å². The van der Waals surface area contributed by atoms with Crippen LogP contribution in [0.3, 0.4) is 0 Å². The van der Waals surface area contributed by atoms with Gasteiger partial charge in [-0.2, -0.15) is 0 Å². The van der Waals surface area contributed by atoms with Gasteiger partial charge in [-0.15, -0.1) is 0 Å². The van der Waals surface area contributed by atoms with E-state index in [2.05, 4.69) is 24.1 Å². The van der Waals surface area contributed by atoms with E-state index in [0.717, 1.165) is 45.2 Å². The van der Waals surface area contributed by atoms with Crippen molar-refractivity contribution in [2.75, 3.05) is 32.7 Å². The van der Waals surface area contributed by atoms with E-state index in [1.807, 2.05) is 4.90 Å². The second-order valence-electron chi connectivity index (χ2n) is 6.38. The summed E-state index contributed by atoms with van der Waals surface area (Å²) < 4.78 is 0. The van der Waals surface area contributed by atoms with Gasteiger partial charge in [-0.05, 0) is 25.2 Å². The molecule has 0 radical (unpaired) electrons. The fourth-order valence-electron chi connectivity index (χ4n) is 3.14. The summed E-state index contributed by atoms with van der Waals surface area (Å²) in [5.41, 5.74) is 0. The predicted octanol–water partition coefficient (Wildman–Crippen LogP) is 2.30. The lowest BCUT2D eigenvalue weighted by Crippen LogP contribution is -2.53. The van der Waals surface area contributed by atoms with Gasteiger partial charge >= 0.3 is 6.03 Å². The fourth-order valence-corrected chi connectivity index (χ4v) is 3.14. The first kappa shape index (κ1) is 14.6. The van der Waals surface area contributed by atoms with Gasteiger partial charge in [0.25, 0.3) is 0 Å². The van der Waals surface area contributed by atoms with Crippen LogP contribution in [0.25, 0.3) is 0 Å². The van der Waals surface area contributed by atoms with E-state index in [0.29, 0.717) is 5.92 Å². The molecule has 0 spiro atoms. The molecule has 110 valence electrons. The standard InChI is InChI=1S/C15H29N3O/c1-13(2)7-8-16-15(19)18-11-9-17(10-12-18)14-5-3-4-6-14/h13-14H,3-12H2,1-2H3,(H,16,19). The van der Waals surface area contributed by atoms with Gasteiger partial charge in [-0.25, -0.2) is 4.79 Å². The zero-order chi connectivity index (χ0) is 13.7. The highest BCUT2D eigenvalue weighted by molar-refractivity contribution is 5.74. The van der Waals surface area contributed by atoms with Gasteiger partial charge in [0.05, 0.1) is 0 Å². The molecule has 2 amide bonds. The SMILES string of the molecule is CC(C)CCNC(=O)N1CCN(C2CCCC2)CC1. The molecule has 1 heterocycles. The summed E-state index contributed by atoms with van der Waals surface area (Å²) in [7, 11) is 0. The molecule has 1 aliphatic carbocycles. The van der Waals surface area contributed by atoms with Crippen molar-refractivity contribution in [2.24, 2.45) is 5.92 Å². The first-order valence-corrected chi connectivity index (χ1v) is 7.93. The summed E-state index contributed by atoms with van der Waals surface area (Å²) in [6.07, 6.45) is 6.57. The van der Waals surface area contributed by atoms with Crippen molar-refractivity contribution in [3.8, 4) is 0 Å². The molecule has 0 atom stereocenters. The maximum atomic E-state index is 12.0. The second kappa shape index (κ2) is 7.13. The number of urea groups is 1. The smallest absolute Gasteiger partial charge is 0.317 e. The van der Waals surface area contributed by atoms with E-state index in [4.69, 9.17) is 0 Å². The molecule has 0 bridgehead atoms. The van der Waals surface area contributed by atoms with Crippen LogP contribution in [0.5, 0.6) is 0 Å². The van der Waals surface area contributed by atoms with Crippen LogP contribution < -0.4 is 5.32 Å². The van der Waals surface area contributed by atoms with Crippen LogP contribution in [0.2, 0.25) is 0 Å². The first-order valence-electron chi connectivity index (χ1n) is 7.93. The Morgan fingerprint density at radius 2 is 1.79 bits per heavy atom. The Labute approximate surface area is 117 Å². The number of hydrogen-bond donors (Lipinski definition) is 1. The summed E-state index contributed by atoms with van der Waals surface area (Å²) in [5.74, 6) is 0.652. The van der Waals surface area contributed by atoms with Crippen molar-refractivity contribution < 1.29 is 4.79 Å². The molecular weight excluding hydrogens is 238 g/mol. The van der Waals surface area contributed by atoms with E-state index in [1.165, 1.54) is 25.7 Å². The minimum atomic E-state index is 0.131. The van der Waals surface area contributed by atoms with Crippen LogP contribution in [0, 0.1) is 5.92 Å². The Hall–Kier alpha value is -0.770. The Balaban J connectivity index is 1.66. The monoisotopic (exact) mass is 267 g/mol. The lowest BCUT2D eigenvalue weighted by molar-refractivity contribution is 0.109. The molecule has 1 saturated carbocycles. The van der Waals surface area contributed by atoms with Gasteiger partial charge in [-0.3, -0.25) is 4.90 Å². The number of piperazine rings is 1. The molecular formula is C15H29N3O. The molecule has 2 rings (SSSR count). The highest BCUT2D eigenvalue weighted by Crippen LogP contribution is 2.24. The Kier molecular flexibility index (Phi) is 5.49. The Morgan fingerprint density at radius 1 is 1.16 bits per heavy atom. The van der Waals surface area contributed by atoms with Gasteiger partial charge in [0.2, 0.25) is 0 Å². The van der Waals surface area contributed by atoms with Crippen molar-refractivity contribution in [1.82, 2.24) is 15.1 Å². The molecule has 0 aromatic rings. The summed E-state index contributed by atoms with van der Waals surface area (Å²) >= 11 is 0. The maximum Gasteiger partial charge on any atom is 0.317 e. The highest BCUT2D eigenvalue weighted by Gasteiger charge is 2.27. The molecule has 1 saturated heterocycles. The van der Waals surface area contributed by atoms with Crippen LogP contribution in [-0.4, -0.2) is 54.6 Å². The summed E-state index contributed by atoms with van der Waals surface area (Å²) in [6.45, 7) is 9.08. The molecule has 0 aromatic heterocycles. The third-order valence-corrected chi connectivity index (χ3v) is 4.44. The van der Waals surface area contributed by atoms with Gasteiger partial charge in [0.15, 0.2) is 0 Å².